The van der Waals surface area contributed by atoms with E-state index < -0.39 is 0 Å². The molecule has 0 saturated heterocycles. The summed E-state index contributed by atoms with van der Waals surface area (Å²) in [5, 5.41) is 9.50. The van der Waals surface area contributed by atoms with Crippen LogP contribution in [0.2, 0.25) is 0 Å². The fourth-order valence-electron chi connectivity index (χ4n) is 4.65. The molecular formula is C24H19N5O. The van der Waals surface area contributed by atoms with Gasteiger partial charge in [-0.25, -0.2) is 9.97 Å². The molecule has 0 spiro atoms. The van der Waals surface area contributed by atoms with E-state index in [1.54, 1.807) is 18.6 Å². The Balaban J connectivity index is 1.76. The number of nitriles is 1. The van der Waals surface area contributed by atoms with E-state index in [9.17, 15) is 10.1 Å². The highest BCUT2D eigenvalue weighted by Crippen LogP contribution is 2.46. The lowest BCUT2D eigenvalue weighted by atomic mass is 9.66. The maximum atomic E-state index is 12.6. The van der Waals surface area contributed by atoms with Crippen LogP contribution in [0.15, 0.2) is 60.7 Å². The average molecular weight is 393 g/mol. The molecule has 0 amide bonds. The second-order valence-electron chi connectivity index (χ2n) is 7.81. The zero-order chi connectivity index (χ0) is 20.7. The average Bonchev–Trinajstić information content (AvgIpc) is 2.81. The second kappa shape index (κ2) is 7.27. The van der Waals surface area contributed by atoms with Gasteiger partial charge in [0.1, 0.15) is 6.07 Å². The minimum Gasteiger partial charge on any atom is -0.293 e. The molecule has 6 heteroatoms. The van der Waals surface area contributed by atoms with Gasteiger partial charge in [-0.05, 0) is 43.0 Å². The minimum absolute atomic E-state index is 0.0573. The van der Waals surface area contributed by atoms with Crippen molar-refractivity contribution in [2.75, 3.05) is 0 Å². The van der Waals surface area contributed by atoms with Crippen LogP contribution in [0, 0.1) is 23.2 Å². The molecule has 0 radical (unpaired) electrons. The number of aromatic nitrogens is 4. The highest BCUT2D eigenvalue weighted by molar-refractivity contribution is 6.01. The molecule has 3 heterocycles. The fourth-order valence-corrected chi connectivity index (χ4v) is 4.65. The summed E-state index contributed by atoms with van der Waals surface area (Å²) in [5.74, 6) is 0.438. The number of allylic oxidation sites excluding steroid dienone is 2. The van der Waals surface area contributed by atoms with Gasteiger partial charge in [-0.3, -0.25) is 14.8 Å². The minimum atomic E-state index is -0.191. The molecule has 0 N–H and O–H groups in total. The van der Waals surface area contributed by atoms with E-state index in [4.69, 9.17) is 9.97 Å². The first-order valence-corrected chi connectivity index (χ1v) is 10.0. The Kier molecular flexibility index (Phi) is 4.44. The SMILES string of the molecule is CC1C(=O)C(C#N)=CC2c3nc(-c4ccncc4)nc(-c4cccnc4)c3CCC12. The van der Waals surface area contributed by atoms with Gasteiger partial charge in [0, 0.05) is 53.3 Å². The summed E-state index contributed by atoms with van der Waals surface area (Å²) in [5.41, 5.74) is 4.92. The van der Waals surface area contributed by atoms with E-state index in [1.165, 1.54) is 0 Å². The number of hydrogen-bond acceptors (Lipinski definition) is 6. The van der Waals surface area contributed by atoms with Gasteiger partial charge in [-0.15, -0.1) is 0 Å². The van der Waals surface area contributed by atoms with Crippen LogP contribution in [0.5, 0.6) is 0 Å². The Morgan fingerprint density at radius 3 is 2.63 bits per heavy atom. The van der Waals surface area contributed by atoms with Crippen LogP contribution in [-0.4, -0.2) is 25.7 Å². The van der Waals surface area contributed by atoms with Gasteiger partial charge < -0.3 is 0 Å². The first kappa shape index (κ1) is 18.3. The quantitative estimate of drug-likeness (QED) is 0.655. The van der Waals surface area contributed by atoms with Crippen molar-refractivity contribution in [2.24, 2.45) is 11.8 Å². The predicted octanol–water partition coefficient (Wildman–Crippen LogP) is 3.92. The Morgan fingerprint density at radius 2 is 1.90 bits per heavy atom. The number of fused-ring (bicyclic) bond motifs is 3. The summed E-state index contributed by atoms with van der Waals surface area (Å²) >= 11 is 0. The lowest BCUT2D eigenvalue weighted by Gasteiger charge is -2.38. The largest absolute Gasteiger partial charge is 0.293 e. The molecule has 3 unspecified atom stereocenters. The molecule has 146 valence electrons. The molecule has 0 saturated carbocycles. The summed E-state index contributed by atoms with van der Waals surface area (Å²) in [6.07, 6.45) is 10.5. The number of carbonyl (C=O) groups excluding carboxylic acids is 1. The Hall–Kier alpha value is -3.72. The van der Waals surface area contributed by atoms with Crippen LogP contribution in [0.3, 0.4) is 0 Å². The van der Waals surface area contributed by atoms with Crippen LogP contribution in [-0.2, 0) is 11.2 Å². The number of pyridine rings is 2. The van der Waals surface area contributed by atoms with E-state index in [2.05, 4.69) is 16.0 Å². The third kappa shape index (κ3) is 2.91. The van der Waals surface area contributed by atoms with Crippen LogP contribution in [0.1, 0.15) is 30.5 Å². The highest BCUT2D eigenvalue weighted by Gasteiger charge is 2.42. The molecule has 5 rings (SSSR count). The van der Waals surface area contributed by atoms with E-state index in [0.29, 0.717) is 5.82 Å². The summed E-state index contributed by atoms with van der Waals surface area (Å²) < 4.78 is 0. The number of rotatable bonds is 2. The molecule has 30 heavy (non-hydrogen) atoms. The van der Waals surface area contributed by atoms with Gasteiger partial charge in [0.2, 0.25) is 0 Å². The number of carbonyl (C=O) groups is 1. The van der Waals surface area contributed by atoms with Crippen LogP contribution in [0.4, 0.5) is 0 Å². The topological polar surface area (TPSA) is 92.4 Å². The molecule has 0 aliphatic heterocycles. The number of Topliss-reactive ketones (excluding diaryl/α,β-unsaturated/α-hetero) is 1. The third-order valence-electron chi connectivity index (χ3n) is 6.21. The van der Waals surface area contributed by atoms with Gasteiger partial charge in [0.15, 0.2) is 11.6 Å². The van der Waals surface area contributed by atoms with Gasteiger partial charge >= 0.3 is 0 Å². The van der Waals surface area contributed by atoms with Crippen molar-refractivity contribution < 1.29 is 4.79 Å². The normalized spacial score (nSPS) is 22.5. The van der Waals surface area contributed by atoms with Crippen molar-refractivity contribution in [1.82, 2.24) is 19.9 Å². The van der Waals surface area contributed by atoms with Crippen molar-refractivity contribution in [3.05, 3.63) is 72.0 Å². The summed E-state index contributed by atoms with van der Waals surface area (Å²) in [6.45, 7) is 1.93. The highest BCUT2D eigenvalue weighted by atomic mass is 16.1. The summed E-state index contributed by atoms with van der Waals surface area (Å²) in [4.78, 5) is 30.8. The molecule has 0 bridgehead atoms. The van der Waals surface area contributed by atoms with E-state index in [0.717, 1.165) is 40.9 Å². The number of hydrogen-bond donors (Lipinski definition) is 0. The molecule has 0 fully saturated rings. The second-order valence-corrected chi connectivity index (χ2v) is 7.81. The first-order valence-electron chi connectivity index (χ1n) is 10.0. The maximum absolute atomic E-state index is 12.6. The van der Waals surface area contributed by atoms with Gasteiger partial charge in [-0.1, -0.05) is 13.0 Å². The van der Waals surface area contributed by atoms with Crippen LogP contribution in [0.25, 0.3) is 22.6 Å². The van der Waals surface area contributed by atoms with Crippen LogP contribution < -0.4 is 0 Å². The molecule has 2 aliphatic carbocycles. The van der Waals surface area contributed by atoms with E-state index in [1.807, 2.05) is 43.5 Å². The molecule has 3 aromatic rings. The molecule has 0 aromatic carbocycles. The lowest BCUT2D eigenvalue weighted by Crippen LogP contribution is -2.35. The summed E-state index contributed by atoms with van der Waals surface area (Å²) in [7, 11) is 0. The van der Waals surface area contributed by atoms with Crippen LogP contribution >= 0.6 is 0 Å². The smallest absolute Gasteiger partial charge is 0.176 e. The summed E-state index contributed by atoms with van der Waals surface area (Å²) in [6, 6.07) is 9.77. The zero-order valence-corrected chi connectivity index (χ0v) is 16.5. The predicted molar refractivity (Wildman–Crippen MR) is 111 cm³/mol. The van der Waals surface area contributed by atoms with Crippen molar-refractivity contribution in [3.63, 3.8) is 0 Å². The third-order valence-corrected chi connectivity index (χ3v) is 6.21. The van der Waals surface area contributed by atoms with Gasteiger partial charge in [-0.2, -0.15) is 5.26 Å². The van der Waals surface area contributed by atoms with Gasteiger partial charge in [0.05, 0.1) is 17.0 Å². The Bertz CT molecular complexity index is 1200. The molecule has 3 atom stereocenters. The zero-order valence-electron chi connectivity index (χ0n) is 16.5. The van der Waals surface area contributed by atoms with Gasteiger partial charge in [0.25, 0.3) is 0 Å². The monoisotopic (exact) mass is 393 g/mol. The standard InChI is InChI=1S/C24H19N5O/c1-14-18-4-5-19-21(16-3-2-8-27-13-16)28-24(15-6-9-26-10-7-15)29-22(19)20(18)11-17(12-25)23(14)30/h2-3,6-11,13-14,18,20H,4-5H2,1H3. The Labute approximate surface area is 174 Å². The maximum Gasteiger partial charge on any atom is 0.176 e. The number of nitrogens with zero attached hydrogens (tertiary/aromatic N) is 5. The molecule has 2 aliphatic rings. The Morgan fingerprint density at radius 1 is 1.07 bits per heavy atom. The van der Waals surface area contributed by atoms with E-state index >= 15 is 0 Å². The number of ketones is 1. The van der Waals surface area contributed by atoms with Crippen molar-refractivity contribution in [2.45, 2.75) is 25.7 Å². The van der Waals surface area contributed by atoms with Crippen molar-refractivity contribution in [1.29, 1.82) is 5.26 Å². The van der Waals surface area contributed by atoms with Crippen molar-refractivity contribution in [3.8, 4) is 28.7 Å². The lowest BCUT2D eigenvalue weighted by molar-refractivity contribution is -0.120. The van der Waals surface area contributed by atoms with E-state index in [-0.39, 0.29) is 29.1 Å². The molecular weight excluding hydrogens is 374 g/mol. The fraction of sp³-hybridized carbons (Fsp3) is 0.250. The van der Waals surface area contributed by atoms with Crippen molar-refractivity contribution >= 4 is 5.78 Å². The molecule has 6 nitrogen and oxygen atoms in total. The molecule has 3 aromatic heterocycles. The first-order chi connectivity index (χ1) is 14.7.